The van der Waals surface area contributed by atoms with Gasteiger partial charge in [-0.1, -0.05) is 6.58 Å². The van der Waals surface area contributed by atoms with Gasteiger partial charge in [0.25, 0.3) is 0 Å². The van der Waals surface area contributed by atoms with Crippen molar-refractivity contribution in [2.24, 2.45) is 0 Å². The van der Waals surface area contributed by atoms with E-state index in [9.17, 15) is 0 Å². The highest BCUT2D eigenvalue weighted by atomic mass is 32.1. The van der Waals surface area contributed by atoms with Crippen LogP contribution in [0, 0.1) is 0 Å². The van der Waals surface area contributed by atoms with Crippen molar-refractivity contribution in [3.63, 3.8) is 0 Å². The molecule has 1 aliphatic carbocycles. The van der Waals surface area contributed by atoms with Crippen LogP contribution in [0.2, 0.25) is 0 Å². The van der Waals surface area contributed by atoms with Crippen LogP contribution in [0.5, 0.6) is 0 Å². The van der Waals surface area contributed by atoms with E-state index in [1.54, 1.807) is 17.4 Å². The summed E-state index contributed by atoms with van der Waals surface area (Å²) in [5.74, 6) is 0.161. The number of aryl methyl sites for hydroxylation is 1. The van der Waals surface area contributed by atoms with Gasteiger partial charge in [0.05, 0.1) is 0 Å². The van der Waals surface area contributed by atoms with E-state index in [0.29, 0.717) is 0 Å². The summed E-state index contributed by atoms with van der Waals surface area (Å²) in [6, 6.07) is 2.13. The second kappa shape index (κ2) is 3.38. The first-order valence-electron chi connectivity index (χ1n) is 4.42. The molecule has 0 amide bonds. The number of hydrogen-bond acceptors (Lipinski definition) is 2. The van der Waals surface area contributed by atoms with Gasteiger partial charge in [0, 0.05) is 4.88 Å². The highest BCUT2D eigenvalue weighted by Gasteiger charge is 2.14. The number of hydrogen-bond donors (Lipinski definition) is 1. The molecular weight excluding hydrogens is 180 g/mol. The molecule has 1 heterocycles. The Balaban J connectivity index is 2.40. The monoisotopic (exact) mass is 192 g/mol. The Morgan fingerprint density at radius 1 is 1.54 bits per heavy atom. The molecule has 0 saturated heterocycles. The van der Waals surface area contributed by atoms with Crippen molar-refractivity contribution in [1.82, 2.24) is 0 Å². The van der Waals surface area contributed by atoms with Crippen molar-refractivity contribution >= 4 is 16.9 Å². The third-order valence-electron chi connectivity index (χ3n) is 2.28. The molecule has 1 N–H and O–H groups in total. The standard InChI is InChI=1S/C11H12OS/c1-8(12)7-9-3-2-4-11-10(9)5-6-13-11/h5-7,12H,1-4H2/b9-7+. The number of aliphatic hydroxyl groups excluding tert-OH is 1. The van der Waals surface area contributed by atoms with Crippen LogP contribution in [0.3, 0.4) is 0 Å². The zero-order valence-electron chi connectivity index (χ0n) is 7.42. The Morgan fingerprint density at radius 2 is 2.38 bits per heavy atom. The summed E-state index contributed by atoms with van der Waals surface area (Å²) in [7, 11) is 0. The van der Waals surface area contributed by atoms with Gasteiger partial charge < -0.3 is 5.11 Å². The quantitative estimate of drug-likeness (QED) is 0.675. The van der Waals surface area contributed by atoms with E-state index in [1.165, 1.54) is 28.9 Å². The van der Waals surface area contributed by atoms with Crippen molar-refractivity contribution in [2.75, 3.05) is 0 Å². The molecule has 2 heteroatoms. The van der Waals surface area contributed by atoms with E-state index in [2.05, 4.69) is 18.0 Å². The molecule has 0 atom stereocenters. The maximum absolute atomic E-state index is 9.10. The number of rotatable bonds is 1. The van der Waals surface area contributed by atoms with Crippen LogP contribution < -0.4 is 0 Å². The van der Waals surface area contributed by atoms with Gasteiger partial charge in [0.2, 0.25) is 0 Å². The maximum Gasteiger partial charge on any atom is 0.108 e. The summed E-state index contributed by atoms with van der Waals surface area (Å²) in [5.41, 5.74) is 2.54. The van der Waals surface area contributed by atoms with Gasteiger partial charge >= 0.3 is 0 Å². The number of thiophene rings is 1. The molecule has 1 aliphatic rings. The fourth-order valence-corrected chi connectivity index (χ4v) is 2.70. The summed E-state index contributed by atoms with van der Waals surface area (Å²) < 4.78 is 0. The molecule has 1 aromatic heterocycles. The maximum atomic E-state index is 9.10. The molecule has 0 aliphatic heterocycles. The predicted octanol–water partition coefficient (Wildman–Crippen LogP) is 3.54. The van der Waals surface area contributed by atoms with Crippen molar-refractivity contribution in [3.05, 3.63) is 40.3 Å². The zero-order chi connectivity index (χ0) is 9.26. The van der Waals surface area contributed by atoms with Gasteiger partial charge in [-0.2, -0.15) is 0 Å². The van der Waals surface area contributed by atoms with Gasteiger partial charge in [0.1, 0.15) is 5.76 Å². The normalized spacial score (nSPS) is 18.6. The number of allylic oxidation sites excluding steroid dienone is 2. The van der Waals surface area contributed by atoms with E-state index in [0.717, 1.165) is 6.42 Å². The lowest BCUT2D eigenvalue weighted by Crippen LogP contribution is -1.97. The molecule has 13 heavy (non-hydrogen) atoms. The minimum atomic E-state index is 0.161. The van der Waals surface area contributed by atoms with Crippen LogP contribution >= 0.6 is 11.3 Å². The summed E-state index contributed by atoms with van der Waals surface area (Å²) in [6.07, 6.45) is 5.21. The van der Waals surface area contributed by atoms with E-state index in [4.69, 9.17) is 5.11 Å². The molecule has 2 rings (SSSR count). The van der Waals surface area contributed by atoms with Gasteiger partial charge in [-0.25, -0.2) is 0 Å². The van der Waals surface area contributed by atoms with Crippen molar-refractivity contribution in [3.8, 4) is 0 Å². The lowest BCUT2D eigenvalue weighted by molar-refractivity contribution is 0.435. The Labute approximate surface area is 82.0 Å². The third-order valence-corrected chi connectivity index (χ3v) is 3.26. The van der Waals surface area contributed by atoms with E-state index in [1.807, 2.05) is 0 Å². The Hall–Kier alpha value is -1.02. The van der Waals surface area contributed by atoms with Crippen molar-refractivity contribution < 1.29 is 5.11 Å². The number of aliphatic hydroxyl groups is 1. The lowest BCUT2D eigenvalue weighted by atomic mass is 9.93. The second-order valence-electron chi connectivity index (χ2n) is 3.27. The first-order valence-corrected chi connectivity index (χ1v) is 5.30. The summed E-state index contributed by atoms with van der Waals surface area (Å²) in [6.45, 7) is 3.49. The molecule has 1 aromatic rings. The molecule has 0 radical (unpaired) electrons. The van der Waals surface area contributed by atoms with Crippen LogP contribution in [-0.4, -0.2) is 5.11 Å². The van der Waals surface area contributed by atoms with E-state index < -0.39 is 0 Å². The highest BCUT2D eigenvalue weighted by molar-refractivity contribution is 7.10. The lowest BCUT2D eigenvalue weighted by Gasteiger charge is -2.14. The van der Waals surface area contributed by atoms with Crippen molar-refractivity contribution in [2.45, 2.75) is 19.3 Å². The largest absolute Gasteiger partial charge is 0.509 e. The number of fused-ring (bicyclic) bond motifs is 1. The second-order valence-corrected chi connectivity index (χ2v) is 4.27. The molecule has 0 aromatic carbocycles. The predicted molar refractivity (Wildman–Crippen MR) is 57.0 cm³/mol. The SMILES string of the molecule is C=C(O)/C=C1\CCCc2sccc21. The van der Waals surface area contributed by atoms with Crippen LogP contribution in [0.15, 0.2) is 29.9 Å². The van der Waals surface area contributed by atoms with E-state index >= 15 is 0 Å². The Morgan fingerprint density at radius 3 is 3.15 bits per heavy atom. The molecule has 0 bridgehead atoms. The average molecular weight is 192 g/mol. The smallest absolute Gasteiger partial charge is 0.108 e. The minimum Gasteiger partial charge on any atom is -0.509 e. The Bertz CT molecular complexity index is 360. The fourth-order valence-electron chi connectivity index (χ4n) is 1.75. The van der Waals surface area contributed by atoms with Gasteiger partial charge in [-0.3, -0.25) is 0 Å². The van der Waals surface area contributed by atoms with Crippen LogP contribution in [0.4, 0.5) is 0 Å². The minimum absolute atomic E-state index is 0.161. The third kappa shape index (κ3) is 1.68. The van der Waals surface area contributed by atoms with Crippen LogP contribution in [0.1, 0.15) is 23.3 Å². The molecule has 0 spiro atoms. The summed E-state index contributed by atoms with van der Waals surface area (Å²) >= 11 is 1.80. The van der Waals surface area contributed by atoms with Crippen molar-refractivity contribution in [1.29, 1.82) is 0 Å². The molecule has 0 fully saturated rings. The summed E-state index contributed by atoms with van der Waals surface area (Å²) in [5, 5.41) is 11.2. The molecule has 1 nitrogen and oxygen atoms in total. The van der Waals surface area contributed by atoms with Gasteiger partial charge in [-0.05, 0) is 47.9 Å². The van der Waals surface area contributed by atoms with Gasteiger partial charge in [0.15, 0.2) is 0 Å². The average Bonchev–Trinajstić information content (AvgIpc) is 2.51. The highest BCUT2D eigenvalue weighted by Crippen LogP contribution is 2.34. The summed E-state index contributed by atoms with van der Waals surface area (Å²) in [4.78, 5) is 1.44. The van der Waals surface area contributed by atoms with E-state index in [-0.39, 0.29) is 5.76 Å². The zero-order valence-corrected chi connectivity index (χ0v) is 8.23. The van der Waals surface area contributed by atoms with Crippen LogP contribution in [-0.2, 0) is 6.42 Å². The topological polar surface area (TPSA) is 20.2 Å². The first-order chi connectivity index (χ1) is 6.27. The first kappa shape index (κ1) is 8.57. The molecular formula is C11H12OS. The molecule has 0 saturated carbocycles. The molecule has 68 valence electrons. The fraction of sp³-hybridized carbons (Fsp3) is 0.273. The van der Waals surface area contributed by atoms with Crippen LogP contribution in [0.25, 0.3) is 5.57 Å². The van der Waals surface area contributed by atoms with Gasteiger partial charge in [-0.15, -0.1) is 11.3 Å². The Kier molecular flexibility index (Phi) is 2.23. The molecule has 0 unspecified atom stereocenters.